The molecule has 8 aromatic rings. The summed E-state index contributed by atoms with van der Waals surface area (Å²) in [5, 5.41) is 31.8. The van der Waals surface area contributed by atoms with Crippen LogP contribution in [-0.4, -0.2) is 28.9 Å². The van der Waals surface area contributed by atoms with Crippen LogP contribution in [0.5, 0.6) is 0 Å². The van der Waals surface area contributed by atoms with Crippen molar-refractivity contribution in [2.75, 3.05) is 0 Å². The zero-order valence-electron chi connectivity index (χ0n) is 42.9. The first-order valence-corrected chi connectivity index (χ1v) is 25.2. The van der Waals surface area contributed by atoms with Gasteiger partial charge in [0.1, 0.15) is 25.3 Å². The van der Waals surface area contributed by atoms with Crippen molar-refractivity contribution in [2.24, 2.45) is 11.8 Å². The third-order valence-electron chi connectivity index (χ3n) is 12.9. The van der Waals surface area contributed by atoms with Crippen LogP contribution in [0.3, 0.4) is 0 Å². The van der Waals surface area contributed by atoms with Gasteiger partial charge in [-0.15, -0.1) is 0 Å². The zero-order chi connectivity index (χ0) is 52.9. The summed E-state index contributed by atoms with van der Waals surface area (Å²) < 4.78 is 11.4. The van der Waals surface area contributed by atoms with E-state index in [-0.39, 0.29) is 43.0 Å². The minimum Gasteiger partial charge on any atom is -0.460 e. The van der Waals surface area contributed by atoms with E-state index in [2.05, 4.69) is 52.7 Å². The molecule has 0 spiro atoms. The molecule has 0 unspecified atom stereocenters. The Morgan fingerprint density at radius 2 is 0.773 bits per heavy atom. The molecule has 9 heteroatoms. The lowest BCUT2D eigenvalue weighted by molar-refractivity contribution is -0.154. The Labute approximate surface area is 441 Å². The monoisotopic (exact) mass is 987 g/mol. The summed E-state index contributed by atoms with van der Waals surface area (Å²) in [7, 11) is 0. The molecule has 0 saturated carbocycles. The number of hydrogen-bond donors (Lipinski definition) is 1. The minimum absolute atomic E-state index is 0.00293. The molecule has 0 bridgehead atoms. The molecule has 0 radical (unpaired) electrons. The van der Waals surface area contributed by atoms with Crippen LogP contribution >= 0.6 is 0 Å². The number of nitrogens with zero attached hydrogens (tertiary/aromatic N) is 4. The summed E-state index contributed by atoms with van der Waals surface area (Å²) in [6, 6.07) is 72.5. The molecule has 0 aliphatic rings. The highest BCUT2D eigenvalue weighted by Gasteiger charge is 2.31. The highest BCUT2D eigenvalue weighted by molar-refractivity contribution is 5.77. The molecule has 0 aliphatic carbocycles. The van der Waals surface area contributed by atoms with Gasteiger partial charge in [-0.2, -0.15) is 15.8 Å². The molecule has 8 rings (SSSR count). The Balaban J connectivity index is 0.000000237. The van der Waals surface area contributed by atoms with Crippen LogP contribution < -0.4 is 5.32 Å². The molecule has 0 aromatic heterocycles. The van der Waals surface area contributed by atoms with Gasteiger partial charge in [-0.25, -0.2) is 0 Å². The maximum absolute atomic E-state index is 13.7. The van der Waals surface area contributed by atoms with E-state index in [0.717, 1.165) is 61.2 Å². The number of carbonyl (C=O) groups is 2. The van der Waals surface area contributed by atoms with Gasteiger partial charge in [0, 0.05) is 19.6 Å². The average molecular weight is 988 g/mol. The number of esters is 2. The van der Waals surface area contributed by atoms with Crippen molar-refractivity contribution >= 4 is 11.9 Å². The van der Waals surface area contributed by atoms with Crippen molar-refractivity contribution in [3.63, 3.8) is 0 Å². The summed E-state index contributed by atoms with van der Waals surface area (Å²) in [5.41, 5.74) is 12.7. The van der Waals surface area contributed by atoms with E-state index in [1.807, 2.05) is 210 Å². The molecule has 0 amide bonds. The van der Waals surface area contributed by atoms with Crippen LogP contribution in [0.25, 0.3) is 33.4 Å². The van der Waals surface area contributed by atoms with E-state index in [4.69, 9.17) is 9.47 Å². The third kappa shape index (κ3) is 15.1. The standard InChI is InChI=1S/C40H35N3O2.C26H26N2O2/c1-29(2)39(40(44)45-28-32-10-4-3-5-11-32)43(26-30-16-20-33(21-17-30)37-14-8-6-12-35(37)24-41)27-31-18-22-34(23-19-31)38-15-9-7-13-36(38)25-42;1-19(2)25(26(29)30-18-21-8-4-3-5-9-21)28-17-20-12-14-22(15-13-20)24-11-7-6-10-23(24)16-27/h3-23,29,39H,26-28H2,1-2H3;3-15,19,25,28H,17-18H2,1-2H3/t39-;25-/m00/s1. The summed E-state index contributed by atoms with van der Waals surface area (Å²) in [6.07, 6.45) is 0. The largest absolute Gasteiger partial charge is 0.460 e. The van der Waals surface area contributed by atoms with Gasteiger partial charge in [0.25, 0.3) is 0 Å². The second-order valence-corrected chi connectivity index (χ2v) is 18.9. The Morgan fingerprint density at radius 1 is 0.427 bits per heavy atom. The van der Waals surface area contributed by atoms with Crippen LogP contribution in [0.2, 0.25) is 0 Å². The van der Waals surface area contributed by atoms with Crippen molar-refractivity contribution in [2.45, 2.75) is 72.6 Å². The molecular formula is C66H61N5O4. The number of carbonyl (C=O) groups excluding carboxylic acids is 2. The Bertz CT molecular complexity index is 3140. The number of hydrogen-bond acceptors (Lipinski definition) is 9. The predicted molar refractivity (Wildman–Crippen MR) is 296 cm³/mol. The van der Waals surface area contributed by atoms with Gasteiger partial charge in [-0.1, -0.05) is 216 Å². The normalized spacial score (nSPS) is 11.6. The SMILES string of the molecule is CC(C)[C@@H](C(=O)OCc1ccccc1)N(Cc1ccc(-c2ccccc2C#N)cc1)Cc1ccc(-c2ccccc2C#N)cc1.CC(C)[C@H](NCc1ccc(-c2ccccc2C#N)cc1)C(=O)OCc1ccccc1. The minimum atomic E-state index is -0.480. The number of nitrogens with one attached hydrogen (secondary N) is 1. The first-order valence-electron chi connectivity index (χ1n) is 25.2. The van der Waals surface area contributed by atoms with Crippen molar-refractivity contribution in [3.05, 3.63) is 251 Å². The second-order valence-electron chi connectivity index (χ2n) is 18.9. The van der Waals surface area contributed by atoms with Gasteiger partial charge < -0.3 is 14.8 Å². The fourth-order valence-electron chi connectivity index (χ4n) is 8.89. The zero-order valence-corrected chi connectivity index (χ0v) is 42.9. The fraction of sp³-hybridized carbons (Fsp3) is 0.197. The molecule has 2 atom stereocenters. The first kappa shape index (κ1) is 53.9. The van der Waals surface area contributed by atoms with E-state index in [1.54, 1.807) is 0 Å². The Hall–Kier alpha value is -8.91. The van der Waals surface area contributed by atoms with Gasteiger partial charge in [0.05, 0.1) is 34.9 Å². The summed E-state index contributed by atoms with van der Waals surface area (Å²) in [5.74, 6) is -0.395. The lowest BCUT2D eigenvalue weighted by Gasteiger charge is -2.33. The number of nitriles is 3. The highest BCUT2D eigenvalue weighted by atomic mass is 16.5. The van der Waals surface area contributed by atoms with Crippen molar-refractivity contribution in [1.82, 2.24) is 10.2 Å². The van der Waals surface area contributed by atoms with E-state index in [0.29, 0.717) is 36.3 Å². The lowest BCUT2D eigenvalue weighted by atomic mass is 9.97. The van der Waals surface area contributed by atoms with Crippen LogP contribution in [0, 0.1) is 45.8 Å². The summed E-state index contributed by atoms with van der Waals surface area (Å²) >= 11 is 0. The Morgan fingerprint density at radius 3 is 1.13 bits per heavy atom. The van der Waals surface area contributed by atoms with Crippen molar-refractivity contribution in [3.8, 4) is 51.6 Å². The molecule has 0 fully saturated rings. The highest BCUT2D eigenvalue weighted by Crippen LogP contribution is 2.28. The van der Waals surface area contributed by atoms with E-state index < -0.39 is 6.04 Å². The maximum Gasteiger partial charge on any atom is 0.323 e. The van der Waals surface area contributed by atoms with Crippen LogP contribution in [0.1, 0.15) is 72.2 Å². The third-order valence-corrected chi connectivity index (χ3v) is 12.9. The molecule has 0 aliphatic heterocycles. The predicted octanol–water partition coefficient (Wildman–Crippen LogP) is 13.6. The number of benzene rings is 8. The number of ether oxygens (including phenoxy) is 2. The molecular weight excluding hydrogens is 927 g/mol. The van der Waals surface area contributed by atoms with Gasteiger partial charge in [0.2, 0.25) is 0 Å². The smallest absolute Gasteiger partial charge is 0.323 e. The first-order chi connectivity index (χ1) is 36.5. The average Bonchev–Trinajstić information content (AvgIpc) is 3.45. The second kappa shape index (κ2) is 27.2. The van der Waals surface area contributed by atoms with Crippen LogP contribution in [0.15, 0.2) is 206 Å². The Kier molecular flexibility index (Phi) is 19.6. The summed E-state index contributed by atoms with van der Waals surface area (Å²) in [4.78, 5) is 28.4. The van der Waals surface area contributed by atoms with E-state index >= 15 is 0 Å². The van der Waals surface area contributed by atoms with E-state index in [9.17, 15) is 25.4 Å². The van der Waals surface area contributed by atoms with Gasteiger partial charge in [-0.3, -0.25) is 14.5 Å². The van der Waals surface area contributed by atoms with Gasteiger partial charge >= 0.3 is 11.9 Å². The lowest BCUT2D eigenvalue weighted by Crippen LogP contribution is -2.44. The van der Waals surface area contributed by atoms with Gasteiger partial charge in [0.15, 0.2) is 0 Å². The summed E-state index contributed by atoms with van der Waals surface area (Å²) in [6.45, 7) is 10.2. The molecule has 0 heterocycles. The molecule has 9 nitrogen and oxygen atoms in total. The van der Waals surface area contributed by atoms with Crippen LogP contribution in [-0.2, 0) is 51.9 Å². The molecule has 75 heavy (non-hydrogen) atoms. The molecule has 8 aromatic carbocycles. The maximum atomic E-state index is 13.7. The molecule has 1 N–H and O–H groups in total. The van der Waals surface area contributed by atoms with E-state index in [1.165, 1.54) is 0 Å². The topological polar surface area (TPSA) is 139 Å². The number of rotatable bonds is 19. The van der Waals surface area contributed by atoms with Gasteiger partial charge in [-0.05, 0) is 91.2 Å². The van der Waals surface area contributed by atoms with Crippen molar-refractivity contribution in [1.29, 1.82) is 15.8 Å². The van der Waals surface area contributed by atoms with Crippen molar-refractivity contribution < 1.29 is 19.1 Å². The molecule has 374 valence electrons. The fourth-order valence-corrected chi connectivity index (χ4v) is 8.89. The van der Waals surface area contributed by atoms with Crippen LogP contribution in [0.4, 0.5) is 0 Å². The quantitative estimate of drug-likeness (QED) is 0.0784. The molecule has 0 saturated heterocycles.